The van der Waals surface area contributed by atoms with E-state index in [-0.39, 0.29) is 11.3 Å². The number of para-hydroxylation sites is 2. The van der Waals surface area contributed by atoms with Gasteiger partial charge in [-0.3, -0.25) is 0 Å². The van der Waals surface area contributed by atoms with E-state index in [1.54, 1.807) is 0 Å². The van der Waals surface area contributed by atoms with Crippen LogP contribution < -0.4 is 0 Å². The van der Waals surface area contributed by atoms with Crippen LogP contribution in [0.25, 0.3) is 83.4 Å². The van der Waals surface area contributed by atoms with E-state index in [1.165, 1.54) is 22.1 Å². The summed E-state index contributed by atoms with van der Waals surface area (Å²) in [6.07, 6.45) is 14.7. The second-order valence-corrected chi connectivity index (χ2v) is 14.6. The molecule has 0 amide bonds. The first-order chi connectivity index (χ1) is 25.5. The number of rotatable bonds is 3. The molecule has 0 aliphatic heterocycles. The average molecular weight is 672 g/mol. The maximum atomic E-state index is 7.11. The number of aromatic nitrogens is 3. The number of hydrogen-bond donors (Lipinski definition) is 0. The molecule has 0 bridgehead atoms. The third-order valence-electron chi connectivity index (χ3n) is 11.3. The van der Waals surface area contributed by atoms with Gasteiger partial charge in [-0.15, -0.1) is 0 Å². The highest BCUT2D eigenvalue weighted by molar-refractivity contribution is 6.06. The molecule has 52 heavy (non-hydrogen) atoms. The van der Waals surface area contributed by atoms with Gasteiger partial charge in [0.15, 0.2) is 17.5 Å². The van der Waals surface area contributed by atoms with E-state index in [4.69, 9.17) is 23.8 Å². The molecule has 11 rings (SSSR count). The first-order valence-corrected chi connectivity index (χ1v) is 18.0. The molecule has 5 aromatic carbocycles. The first kappa shape index (κ1) is 29.4. The molecule has 8 aromatic rings. The van der Waals surface area contributed by atoms with Crippen LogP contribution in [0.5, 0.6) is 0 Å². The highest BCUT2D eigenvalue weighted by Gasteiger charge is 2.46. The van der Waals surface area contributed by atoms with Crippen molar-refractivity contribution in [2.45, 2.75) is 25.7 Å². The SMILES string of the molecule is CC1C=CC2=C(C1)c1c(oc3c(-c4nc(-c5ccc6ccccc6c5)nc(-c5ccc6c(c5)oc5ccccc56)n4)cccc13)C1(C)C=CC=CC21. The zero-order chi connectivity index (χ0) is 34.6. The highest BCUT2D eigenvalue weighted by atomic mass is 16.3. The van der Waals surface area contributed by atoms with Gasteiger partial charge in [-0.1, -0.05) is 116 Å². The molecular weight excluding hydrogens is 639 g/mol. The van der Waals surface area contributed by atoms with Gasteiger partial charge in [0.25, 0.3) is 0 Å². The van der Waals surface area contributed by atoms with Gasteiger partial charge in [0, 0.05) is 38.8 Å². The molecule has 3 aliphatic rings. The van der Waals surface area contributed by atoms with E-state index in [0.717, 1.165) is 67.2 Å². The van der Waals surface area contributed by atoms with Crippen molar-refractivity contribution in [1.29, 1.82) is 0 Å². The lowest BCUT2D eigenvalue weighted by atomic mass is 9.61. The Kier molecular flexibility index (Phi) is 6.13. The Balaban J connectivity index is 1.15. The zero-order valence-electron chi connectivity index (χ0n) is 28.8. The van der Waals surface area contributed by atoms with Gasteiger partial charge in [0.1, 0.15) is 22.5 Å². The maximum absolute atomic E-state index is 7.11. The topological polar surface area (TPSA) is 65.0 Å². The second-order valence-electron chi connectivity index (χ2n) is 14.6. The fraction of sp³-hybridized carbons (Fsp3) is 0.128. The van der Waals surface area contributed by atoms with Crippen molar-refractivity contribution in [3.05, 3.63) is 156 Å². The Morgan fingerprint density at radius 1 is 0.654 bits per heavy atom. The average Bonchev–Trinajstić information content (AvgIpc) is 3.77. The molecular formula is C47H33N3O2. The molecule has 3 aliphatic carbocycles. The number of allylic oxidation sites excluding steroid dienone is 8. The first-order valence-electron chi connectivity index (χ1n) is 18.0. The summed E-state index contributed by atoms with van der Waals surface area (Å²) in [4.78, 5) is 15.5. The Morgan fingerprint density at radius 3 is 2.31 bits per heavy atom. The van der Waals surface area contributed by atoms with Crippen LogP contribution in [0.1, 0.15) is 31.6 Å². The predicted octanol–water partition coefficient (Wildman–Crippen LogP) is 12.0. The molecule has 0 spiro atoms. The van der Waals surface area contributed by atoms with Crippen molar-refractivity contribution >= 4 is 49.3 Å². The third-order valence-corrected chi connectivity index (χ3v) is 11.3. The Morgan fingerprint density at radius 2 is 1.40 bits per heavy atom. The van der Waals surface area contributed by atoms with Crippen molar-refractivity contribution in [2.24, 2.45) is 11.8 Å². The number of nitrogens with zero attached hydrogens (tertiary/aromatic N) is 3. The van der Waals surface area contributed by atoms with Crippen molar-refractivity contribution in [1.82, 2.24) is 15.0 Å². The monoisotopic (exact) mass is 671 g/mol. The van der Waals surface area contributed by atoms with Crippen molar-refractivity contribution < 1.29 is 8.83 Å². The van der Waals surface area contributed by atoms with Gasteiger partial charge in [0.2, 0.25) is 0 Å². The summed E-state index contributed by atoms with van der Waals surface area (Å²) in [5.41, 5.74) is 8.78. The van der Waals surface area contributed by atoms with E-state index in [1.807, 2.05) is 24.3 Å². The Bertz CT molecular complexity index is 2940. The molecule has 0 saturated carbocycles. The number of fused-ring (bicyclic) bond motifs is 11. The minimum atomic E-state index is -0.313. The second kappa shape index (κ2) is 10.8. The molecule has 5 heteroatoms. The molecule has 0 N–H and O–H groups in total. The van der Waals surface area contributed by atoms with Crippen LogP contribution in [0.4, 0.5) is 0 Å². The zero-order valence-corrected chi connectivity index (χ0v) is 28.8. The van der Waals surface area contributed by atoms with E-state index in [0.29, 0.717) is 23.4 Å². The van der Waals surface area contributed by atoms with Crippen molar-refractivity contribution in [3.8, 4) is 34.2 Å². The number of benzene rings is 5. The molecule has 0 saturated heterocycles. The van der Waals surface area contributed by atoms with E-state index >= 15 is 0 Å². The number of hydrogen-bond acceptors (Lipinski definition) is 5. The molecule has 0 radical (unpaired) electrons. The molecule has 5 nitrogen and oxygen atoms in total. The molecule has 248 valence electrons. The summed E-state index contributed by atoms with van der Waals surface area (Å²) in [6.45, 7) is 4.60. The van der Waals surface area contributed by atoms with Crippen molar-refractivity contribution in [3.63, 3.8) is 0 Å². The van der Waals surface area contributed by atoms with Crippen LogP contribution in [-0.4, -0.2) is 15.0 Å². The van der Waals surface area contributed by atoms with Crippen LogP contribution in [0.3, 0.4) is 0 Å². The van der Waals surface area contributed by atoms with E-state index in [9.17, 15) is 0 Å². The summed E-state index contributed by atoms with van der Waals surface area (Å²) >= 11 is 0. The fourth-order valence-corrected chi connectivity index (χ4v) is 8.71. The van der Waals surface area contributed by atoms with Gasteiger partial charge in [0.05, 0.1) is 11.0 Å². The normalized spacial score (nSPS) is 20.6. The van der Waals surface area contributed by atoms with Crippen molar-refractivity contribution in [2.75, 3.05) is 0 Å². The minimum absolute atomic E-state index is 0.212. The largest absolute Gasteiger partial charge is 0.459 e. The summed E-state index contributed by atoms with van der Waals surface area (Å²) in [7, 11) is 0. The van der Waals surface area contributed by atoms with Gasteiger partial charge in [-0.05, 0) is 71.5 Å². The Hall–Kier alpha value is -6.33. The summed E-state index contributed by atoms with van der Waals surface area (Å²) in [6, 6.07) is 35.5. The molecule has 3 aromatic heterocycles. The lowest BCUT2D eigenvalue weighted by Gasteiger charge is -2.41. The quantitative estimate of drug-likeness (QED) is 0.187. The summed E-state index contributed by atoms with van der Waals surface area (Å²) in [5.74, 6) is 3.43. The molecule has 3 atom stereocenters. The fourth-order valence-electron chi connectivity index (χ4n) is 8.71. The predicted molar refractivity (Wildman–Crippen MR) is 210 cm³/mol. The lowest BCUT2D eigenvalue weighted by Crippen LogP contribution is -2.35. The summed E-state index contributed by atoms with van der Waals surface area (Å²) < 4.78 is 13.4. The lowest BCUT2D eigenvalue weighted by molar-refractivity contribution is 0.375. The van der Waals surface area contributed by atoms with E-state index < -0.39 is 0 Å². The van der Waals surface area contributed by atoms with Crippen LogP contribution >= 0.6 is 0 Å². The standard InChI is InChI=1S/C47H33N3O2/c1-27-17-21-32-37(24-27)41-35-13-9-14-36(42(35)52-43(41)47(2)23-8-7-15-38(32)47)46-49-44(30-19-18-28-10-3-4-11-29(28)25-30)48-45(50-46)31-20-22-34-33-12-5-6-16-39(33)51-40(34)26-31/h3-23,25-27,38H,24H2,1-2H3. The molecule has 0 fully saturated rings. The van der Waals surface area contributed by atoms with Gasteiger partial charge >= 0.3 is 0 Å². The smallest absolute Gasteiger partial charge is 0.167 e. The highest BCUT2D eigenvalue weighted by Crippen LogP contribution is 2.56. The van der Waals surface area contributed by atoms with Crippen LogP contribution in [0.2, 0.25) is 0 Å². The third kappa shape index (κ3) is 4.26. The van der Waals surface area contributed by atoms with Gasteiger partial charge < -0.3 is 8.83 Å². The van der Waals surface area contributed by atoms with Gasteiger partial charge in [-0.25, -0.2) is 15.0 Å². The van der Waals surface area contributed by atoms with Crippen LogP contribution in [0, 0.1) is 11.8 Å². The molecule has 3 unspecified atom stereocenters. The van der Waals surface area contributed by atoms with Gasteiger partial charge in [-0.2, -0.15) is 0 Å². The Labute approximate surface area is 300 Å². The maximum Gasteiger partial charge on any atom is 0.167 e. The van der Waals surface area contributed by atoms with Crippen LogP contribution in [0.15, 0.2) is 154 Å². The number of furan rings is 2. The summed E-state index contributed by atoms with van der Waals surface area (Å²) in [5, 5.41) is 5.55. The van der Waals surface area contributed by atoms with Crippen LogP contribution in [-0.2, 0) is 5.41 Å². The van der Waals surface area contributed by atoms with E-state index in [2.05, 4.69) is 129 Å². The molecule has 3 heterocycles. The minimum Gasteiger partial charge on any atom is -0.459 e.